The Balaban J connectivity index is 2.38. The molecule has 1 aromatic heterocycles. The summed E-state index contributed by atoms with van der Waals surface area (Å²) in [4.78, 5) is 5.08. The van der Waals surface area contributed by atoms with Crippen LogP contribution >= 0.6 is 28.1 Å². The van der Waals surface area contributed by atoms with Gasteiger partial charge in [-0.05, 0) is 46.3 Å². The van der Waals surface area contributed by atoms with Crippen molar-refractivity contribution in [2.24, 2.45) is 0 Å². The summed E-state index contributed by atoms with van der Waals surface area (Å²) in [7, 11) is 3.96. The molecule has 1 N–H and O–H groups in total. The minimum atomic E-state index is -0.313. The van der Waals surface area contributed by atoms with Gasteiger partial charge in [0.05, 0.1) is 26.9 Å². The van der Waals surface area contributed by atoms with Crippen LogP contribution in [0, 0.1) is 10.6 Å². The maximum atomic E-state index is 13.7. The van der Waals surface area contributed by atoms with Crippen LogP contribution in [0.15, 0.2) is 40.9 Å². The van der Waals surface area contributed by atoms with Crippen LogP contribution in [0.1, 0.15) is 0 Å². The van der Waals surface area contributed by atoms with E-state index in [9.17, 15) is 4.39 Å². The number of H-pyrrole nitrogens is 1. The first-order valence-electron chi connectivity index (χ1n) is 6.35. The Morgan fingerprint density at radius 1 is 1.24 bits per heavy atom. The van der Waals surface area contributed by atoms with Crippen molar-refractivity contribution in [2.45, 2.75) is 0 Å². The van der Waals surface area contributed by atoms with Gasteiger partial charge in [-0.15, -0.1) is 0 Å². The second kappa shape index (κ2) is 5.27. The summed E-state index contributed by atoms with van der Waals surface area (Å²) in [6, 6.07) is 11.1. The summed E-state index contributed by atoms with van der Waals surface area (Å²) in [6.45, 7) is 0. The summed E-state index contributed by atoms with van der Waals surface area (Å²) in [5.74, 6) is -0.313. The van der Waals surface area contributed by atoms with Crippen molar-refractivity contribution in [3.8, 4) is 5.69 Å². The average molecular weight is 366 g/mol. The molecule has 3 aromatic rings. The highest BCUT2D eigenvalue weighted by Crippen LogP contribution is 2.29. The van der Waals surface area contributed by atoms with Crippen LogP contribution in [-0.4, -0.2) is 23.6 Å². The van der Waals surface area contributed by atoms with Gasteiger partial charge < -0.3 is 9.88 Å². The normalized spacial score (nSPS) is 11.0. The zero-order valence-corrected chi connectivity index (χ0v) is 13.9. The molecular formula is C15H13BrFN3S. The number of aromatic amines is 1. The number of para-hydroxylation sites is 2. The number of halogens is 2. The summed E-state index contributed by atoms with van der Waals surface area (Å²) in [5.41, 5.74) is 3.50. The molecule has 0 saturated carbocycles. The SMILES string of the molecule is CN(C)c1ccccc1-n1c(=S)[nH]c2cc(F)c(Br)cc21. The van der Waals surface area contributed by atoms with E-state index >= 15 is 0 Å². The third-order valence-corrected chi connectivity index (χ3v) is 4.22. The number of rotatable bonds is 2. The summed E-state index contributed by atoms with van der Waals surface area (Å²) >= 11 is 8.65. The number of hydrogen-bond donors (Lipinski definition) is 1. The number of fused-ring (bicyclic) bond motifs is 1. The summed E-state index contributed by atoms with van der Waals surface area (Å²) in [5, 5.41) is 0. The van der Waals surface area contributed by atoms with E-state index in [1.54, 1.807) is 6.07 Å². The summed E-state index contributed by atoms with van der Waals surface area (Å²) in [6.07, 6.45) is 0. The average Bonchev–Trinajstić information content (AvgIpc) is 2.74. The number of hydrogen-bond acceptors (Lipinski definition) is 2. The highest BCUT2D eigenvalue weighted by atomic mass is 79.9. The van der Waals surface area contributed by atoms with Crippen molar-refractivity contribution in [3.05, 3.63) is 51.5 Å². The lowest BCUT2D eigenvalue weighted by atomic mass is 10.2. The zero-order chi connectivity index (χ0) is 15.1. The van der Waals surface area contributed by atoms with Gasteiger partial charge in [-0.1, -0.05) is 12.1 Å². The minimum absolute atomic E-state index is 0.313. The zero-order valence-electron chi connectivity index (χ0n) is 11.5. The molecule has 0 amide bonds. The molecule has 108 valence electrons. The Kier molecular flexibility index (Phi) is 3.59. The van der Waals surface area contributed by atoms with Gasteiger partial charge in [0.1, 0.15) is 5.82 Å². The highest BCUT2D eigenvalue weighted by Gasteiger charge is 2.13. The van der Waals surface area contributed by atoms with Crippen LogP contribution in [0.4, 0.5) is 10.1 Å². The topological polar surface area (TPSA) is 24.0 Å². The van der Waals surface area contributed by atoms with Gasteiger partial charge in [-0.25, -0.2) is 4.39 Å². The Morgan fingerprint density at radius 3 is 2.67 bits per heavy atom. The minimum Gasteiger partial charge on any atom is -0.376 e. The van der Waals surface area contributed by atoms with E-state index in [0.29, 0.717) is 14.8 Å². The van der Waals surface area contributed by atoms with Crippen molar-refractivity contribution in [2.75, 3.05) is 19.0 Å². The molecule has 6 heteroatoms. The van der Waals surface area contributed by atoms with E-state index < -0.39 is 0 Å². The van der Waals surface area contributed by atoms with E-state index in [2.05, 4.69) is 20.9 Å². The Labute approximate surface area is 135 Å². The van der Waals surface area contributed by atoms with Crippen LogP contribution in [0.5, 0.6) is 0 Å². The largest absolute Gasteiger partial charge is 0.376 e. The number of aromatic nitrogens is 2. The Hall–Kier alpha value is -1.66. The number of anilines is 1. The van der Waals surface area contributed by atoms with Crippen molar-refractivity contribution in [3.63, 3.8) is 0 Å². The van der Waals surface area contributed by atoms with E-state index in [1.165, 1.54) is 6.07 Å². The molecule has 1 heterocycles. The van der Waals surface area contributed by atoms with Crippen LogP contribution in [0.2, 0.25) is 0 Å². The molecule has 0 aliphatic carbocycles. The third-order valence-electron chi connectivity index (χ3n) is 3.33. The van der Waals surface area contributed by atoms with E-state index in [-0.39, 0.29) is 5.82 Å². The molecule has 0 aliphatic heterocycles. The van der Waals surface area contributed by atoms with Gasteiger partial charge in [0.25, 0.3) is 0 Å². The molecule has 21 heavy (non-hydrogen) atoms. The molecule has 0 radical (unpaired) electrons. The van der Waals surface area contributed by atoms with E-state index in [1.807, 2.05) is 47.8 Å². The molecule has 2 aromatic carbocycles. The van der Waals surface area contributed by atoms with Gasteiger partial charge >= 0.3 is 0 Å². The molecular weight excluding hydrogens is 353 g/mol. The van der Waals surface area contributed by atoms with Gasteiger partial charge in [-0.3, -0.25) is 4.57 Å². The molecule has 0 spiro atoms. The molecule has 0 atom stereocenters. The number of nitrogens with zero attached hydrogens (tertiary/aromatic N) is 2. The second-order valence-corrected chi connectivity index (χ2v) is 6.17. The van der Waals surface area contributed by atoms with Crippen LogP contribution in [0.25, 0.3) is 16.7 Å². The predicted molar refractivity (Wildman–Crippen MR) is 90.4 cm³/mol. The number of nitrogens with one attached hydrogen (secondary N) is 1. The van der Waals surface area contributed by atoms with Crippen molar-refractivity contribution in [1.29, 1.82) is 0 Å². The first-order chi connectivity index (χ1) is 9.99. The molecule has 0 saturated heterocycles. The fourth-order valence-electron chi connectivity index (χ4n) is 2.37. The van der Waals surface area contributed by atoms with Crippen LogP contribution in [-0.2, 0) is 0 Å². The monoisotopic (exact) mass is 365 g/mol. The number of benzene rings is 2. The first-order valence-corrected chi connectivity index (χ1v) is 7.55. The fourth-order valence-corrected chi connectivity index (χ4v) is 3.01. The Morgan fingerprint density at radius 2 is 1.95 bits per heavy atom. The maximum Gasteiger partial charge on any atom is 0.182 e. The lowest BCUT2D eigenvalue weighted by Gasteiger charge is -2.18. The number of imidazole rings is 1. The van der Waals surface area contributed by atoms with Gasteiger partial charge in [0, 0.05) is 20.2 Å². The van der Waals surface area contributed by atoms with Crippen molar-refractivity contribution >= 4 is 44.9 Å². The predicted octanol–water partition coefficient (Wildman–Crippen LogP) is 4.66. The third kappa shape index (κ3) is 2.38. The maximum absolute atomic E-state index is 13.7. The van der Waals surface area contributed by atoms with Crippen LogP contribution in [0.3, 0.4) is 0 Å². The standard InChI is InChI=1S/C15H13BrFN3S/c1-19(2)12-5-3-4-6-13(12)20-14-7-9(16)10(17)8-11(14)18-15(20)21/h3-8H,1-2H3,(H,18,21). The van der Waals surface area contributed by atoms with Crippen molar-refractivity contribution < 1.29 is 4.39 Å². The lowest BCUT2D eigenvalue weighted by Crippen LogP contribution is -2.12. The van der Waals surface area contributed by atoms with Crippen molar-refractivity contribution in [1.82, 2.24) is 9.55 Å². The Bertz CT molecular complexity index is 882. The quantitative estimate of drug-likeness (QED) is 0.668. The molecule has 0 aliphatic rings. The smallest absolute Gasteiger partial charge is 0.182 e. The molecule has 3 rings (SSSR count). The highest BCUT2D eigenvalue weighted by molar-refractivity contribution is 9.10. The molecule has 0 fully saturated rings. The molecule has 0 bridgehead atoms. The molecule has 0 unspecified atom stereocenters. The first kappa shape index (κ1) is 14.3. The van der Waals surface area contributed by atoms with Gasteiger partial charge in [-0.2, -0.15) is 0 Å². The summed E-state index contributed by atoms with van der Waals surface area (Å²) < 4.78 is 16.6. The van der Waals surface area contributed by atoms with E-state index in [4.69, 9.17) is 12.2 Å². The lowest BCUT2D eigenvalue weighted by molar-refractivity contribution is 0.623. The fraction of sp³-hybridized carbons (Fsp3) is 0.133. The van der Waals surface area contributed by atoms with Crippen LogP contribution < -0.4 is 4.90 Å². The van der Waals surface area contributed by atoms with Gasteiger partial charge in [0.2, 0.25) is 0 Å². The van der Waals surface area contributed by atoms with Gasteiger partial charge in [0.15, 0.2) is 4.77 Å². The molecule has 3 nitrogen and oxygen atoms in total. The second-order valence-electron chi connectivity index (χ2n) is 4.93. The van der Waals surface area contributed by atoms with E-state index in [0.717, 1.165) is 16.9 Å².